The normalized spacial score (nSPS) is 10.3. The Hall–Kier alpha value is -2.22. The van der Waals surface area contributed by atoms with Gasteiger partial charge in [0.1, 0.15) is 5.69 Å². The molecule has 2 aromatic rings. The number of anilines is 1. The van der Waals surface area contributed by atoms with Crippen molar-refractivity contribution in [3.63, 3.8) is 0 Å². The van der Waals surface area contributed by atoms with Crippen LogP contribution in [-0.2, 0) is 7.05 Å². The average molecular weight is 339 g/mol. The molecule has 0 unspecified atom stereocenters. The highest BCUT2D eigenvalue weighted by molar-refractivity contribution is 9.10. The minimum Gasteiger partial charge on any atom is -0.372 e. The fourth-order valence-electron chi connectivity index (χ4n) is 1.65. The molecule has 1 aromatic heterocycles. The summed E-state index contributed by atoms with van der Waals surface area (Å²) in [6.07, 6.45) is 3.06. The van der Waals surface area contributed by atoms with E-state index >= 15 is 0 Å². The van der Waals surface area contributed by atoms with Crippen LogP contribution in [0.2, 0.25) is 0 Å². The van der Waals surface area contributed by atoms with Gasteiger partial charge in [-0.2, -0.15) is 5.10 Å². The molecule has 0 spiro atoms. The molecule has 1 aromatic carbocycles. The maximum Gasteiger partial charge on any atom is 0.293 e. The van der Waals surface area contributed by atoms with Crippen molar-refractivity contribution in [1.29, 1.82) is 0 Å². The molecular weight excluding hydrogens is 328 g/mol. The van der Waals surface area contributed by atoms with Gasteiger partial charge in [-0.05, 0) is 12.1 Å². The summed E-state index contributed by atoms with van der Waals surface area (Å²) in [6, 6.07) is 4.61. The van der Waals surface area contributed by atoms with E-state index in [0.29, 0.717) is 15.7 Å². The Morgan fingerprint density at radius 2 is 2.30 bits per heavy atom. The fourth-order valence-corrected chi connectivity index (χ4v) is 2.00. The molecule has 0 saturated heterocycles. The van der Waals surface area contributed by atoms with Crippen LogP contribution in [0.4, 0.5) is 11.4 Å². The predicted octanol–water partition coefficient (Wildman–Crippen LogP) is 2.39. The third-order valence-corrected chi connectivity index (χ3v) is 3.12. The van der Waals surface area contributed by atoms with E-state index in [4.69, 9.17) is 0 Å². The first-order valence-electron chi connectivity index (χ1n) is 5.67. The molecule has 0 radical (unpaired) electrons. The number of aryl methyl sites for hydroxylation is 1. The lowest BCUT2D eigenvalue weighted by Gasteiger charge is -2.06. The molecule has 0 saturated carbocycles. The van der Waals surface area contributed by atoms with Crippen molar-refractivity contribution in [2.24, 2.45) is 7.05 Å². The van der Waals surface area contributed by atoms with Gasteiger partial charge in [-0.1, -0.05) is 15.9 Å². The van der Waals surface area contributed by atoms with Crippen LogP contribution in [-0.4, -0.2) is 27.0 Å². The van der Waals surface area contributed by atoms with Gasteiger partial charge < -0.3 is 5.32 Å². The van der Waals surface area contributed by atoms with E-state index in [-0.39, 0.29) is 18.0 Å². The van der Waals surface area contributed by atoms with E-state index in [1.54, 1.807) is 25.4 Å². The van der Waals surface area contributed by atoms with Gasteiger partial charge in [0, 0.05) is 23.8 Å². The highest BCUT2D eigenvalue weighted by Gasteiger charge is 2.15. The van der Waals surface area contributed by atoms with Crippen LogP contribution in [0.15, 0.2) is 35.1 Å². The number of carbonyl (C=O) groups is 1. The van der Waals surface area contributed by atoms with Crippen LogP contribution in [0.5, 0.6) is 0 Å². The van der Waals surface area contributed by atoms with Crippen molar-refractivity contribution < 1.29 is 9.72 Å². The SMILES string of the molecule is Cn1cc(C(=O)CNc2ccc(Br)cc2[N+](=O)[O-])cn1. The number of aromatic nitrogens is 2. The number of nitrogens with one attached hydrogen (secondary N) is 1. The second-order valence-corrected chi connectivity index (χ2v) is 5.01. The average Bonchev–Trinajstić information content (AvgIpc) is 2.83. The van der Waals surface area contributed by atoms with Gasteiger partial charge in [-0.25, -0.2) is 0 Å². The van der Waals surface area contributed by atoms with Crippen LogP contribution >= 0.6 is 15.9 Å². The van der Waals surface area contributed by atoms with Gasteiger partial charge in [-0.3, -0.25) is 19.6 Å². The van der Waals surface area contributed by atoms with Gasteiger partial charge in [-0.15, -0.1) is 0 Å². The number of nitro groups is 1. The quantitative estimate of drug-likeness (QED) is 0.513. The summed E-state index contributed by atoms with van der Waals surface area (Å²) in [7, 11) is 1.71. The predicted molar refractivity (Wildman–Crippen MR) is 76.8 cm³/mol. The molecule has 20 heavy (non-hydrogen) atoms. The maximum atomic E-state index is 11.9. The minimum atomic E-state index is -0.498. The van der Waals surface area contributed by atoms with Crippen molar-refractivity contribution in [3.05, 3.63) is 50.7 Å². The zero-order chi connectivity index (χ0) is 14.7. The van der Waals surface area contributed by atoms with Gasteiger partial charge in [0.15, 0.2) is 5.78 Å². The van der Waals surface area contributed by atoms with E-state index in [9.17, 15) is 14.9 Å². The second-order valence-electron chi connectivity index (χ2n) is 4.10. The Balaban J connectivity index is 2.11. The van der Waals surface area contributed by atoms with Crippen LogP contribution in [0.1, 0.15) is 10.4 Å². The summed E-state index contributed by atoms with van der Waals surface area (Å²) >= 11 is 3.17. The highest BCUT2D eigenvalue weighted by Crippen LogP contribution is 2.27. The molecular formula is C12H11BrN4O3. The summed E-state index contributed by atoms with van der Waals surface area (Å²) in [6.45, 7) is -0.0336. The van der Waals surface area contributed by atoms with Crippen molar-refractivity contribution in [2.45, 2.75) is 0 Å². The van der Waals surface area contributed by atoms with Gasteiger partial charge in [0.05, 0.1) is 23.2 Å². The zero-order valence-electron chi connectivity index (χ0n) is 10.5. The molecule has 0 aliphatic rings. The molecule has 7 nitrogen and oxygen atoms in total. The number of hydrogen-bond acceptors (Lipinski definition) is 5. The molecule has 0 atom stereocenters. The number of rotatable bonds is 5. The molecule has 1 heterocycles. The summed E-state index contributed by atoms with van der Waals surface area (Å²) in [5.74, 6) is -0.185. The number of benzene rings is 1. The van der Waals surface area contributed by atoms with Crippen molar-refractivity contribution >= 4 is 33.1 Å². The van der Waals surface area contributed by atoms with Gasteiger partial charge >= 0.3 is 0 Å². The molecule has 0 bridgehead atoms. The molecule has 2 rings (SSSR count). The minimum absolute atomic E-state index is 0.0336. The Kier molecular flexibility index (Phi) is 4.14. The van der Waals surface area contributed by atoms with E-state index in [1.807, 2.05) is 0 Å². The smallest absolute Gasteiger partial charge is 0.293 e. The lowest BCUT2D eigenvalue weighted by molar-refractivity contribution is -0.384. The standard InChI is InChI=1S/C12H11BrN4O3/c1-16-7-8(5-15-16)12(18)6-14-10-3-2-9(13)4-11(10)17(19)20/h2-5,7,14H,6H2,1H3. The zero-order valence-corrected chi connectivity index (χ0v) is 12.1. The largest absolute Gasteiger partial charge is 0.372 e. The Morgan fingerprint density at radius 3 is 2.90 bits per heavy atom. The summed E-state index contributed by atoms with van der Waals surface area (Å²) in [5.41, 5.74) is 0.675. The lowest BCUT2D eigenvalue weighted by atomic mass is 10.2. The Bertz CT molecular complexity index is 668. The number of nitro benzene ring substituents is 1. The fraction of sp³-hybridized carbons (Fsp3) is 0.167. The number of halogens is 1. The molecule has 0 aliphatic heterocycles. The van der Waals surface area contributed by atoms with Crippen molar-refractivity contribution in [2.75, 3.05) is 11.9 Å². The Morgan fingerprint density at radius 1 is 1.55 bits per heavy atom. The first kappa shape index (κ1) is 14.2. The summed E-state index contributed by atoms with van der Waals surface area (Å²) in [5, 5.41) is 17.6. The van der Waals surface area contributed by atoms with Crippen LogP contribution in [0.3, 0.4) is 0 Å². The van der Waals surface area contributed by atoms with E-state index in [1.165, 1.54) is 16.9 Å². The van der Waals surface area contributed by atoms with Crippen LogP contribution in [0.25, 0.3) is 0 Å². The number of carbonyl (C=O) groups excluding carboxylic acids is 1. The van der Waals surface area contributed by atoms with E-state index in [2.05, 4.69) is 26.3 Å². The first-order valence-corrected chi connectivity index (χ1v) is 6.46. The maximum absolute atomic E-state index is 11.9. The van der Waals surface area contributed by atoms with Crippen LogP contribution < -0.4 is 5.32 Å². The summed E-state index contributed by atoms with van der Waals surface area (Å²) < 4.78 is 2.13. The number of hydrogen-bond donors (Lipinski definition) is 1. The molecule has 0 fully saturated rings. The van der Waals surface area contributed by atoms with Crippen molar-refractivity contribution in [1.82, 2.24) is 9.78 Å². The number of ketones is 1. The Labute approximate surface area is 122 Å². The molecule has 8 heteroatoms. The number of Topliss-reactive ketones (excluding diaryl/α,β-unsaturated/α-hetero) is 1. The molecule has 0 aliphatic carbocycles. The monoisotopic (exact) mass is 338 g/mol. The van der Waals surface area contributed by atoms with E-state index in [0.717, 1.165) is 0 Å². The van der Waals surface area contributed by atoms with Gasteiger partial charge in [0.25, 0.3) is 5.69 Å². The first-order chi connectivity index (χ1) is 9.47. The third kappa shape index (κ3) is 3.21. The number of nitrogens with zero attached hydrogens (tertiary/aromatic N) is 3. The topological polar surface area (TPSA) is 90.1 Å². The van der Waals surface area contributed by atoms with Crippen LogP contribution in [0, 0.1) is 10.1 Å². The van der Waals surface area contributed by atoms with Gasteiger partial charge in [0.2, 0.25) is 0 Å². The summed E-state index contributed by atoms with van der Waals surface area (Å²) in [4.78, 5) is 22.3. The molecule has 104 valence electrons. The molecule has 1 N–H and O–H groups in total. The highest BCUT2D eigenvalue weighted by atomic mass is 79.9. The lowest BCUT2D eigenvalue weighted by Crippen LogP contribution is -2.14. The van der Waals surface area contributed by atoms with E-state index < -0.39 is 4.92 Å². The van der Waals surface area contributed by atoms with Crippen molar-refractivity contribution in [3.8, 4) is 0 Å². The second kappa shape index (κ2) is 5.83. The third-order valence-electron chi connectivity index (χ3n) is 2.62. The molecule has 0 amide bonds.